The monoisotopic (exact) mass is 265 g/mol. The number of aliphatic hydroxyl groups is 1. The second-order valence-corrected chi connectivity index (χ2v) is 4.29. The van der Waals surface area contributed by atoms with Gasteiger partial charge in [-0.3, -0.25) is 9.59 Å². The van der Waals surface area contributed by atoms with Gasteiger partial charge in [-0.2, -0.15) is 0 Å². The van der Waals surface area contributed by atoms with E-state index in [4.69, 9.17) is 9.84 Å². The van der Waals surface area contributed by atoms with Crippen LogP contribution in [0.25, 0.3) is 0 Å². The summed E-state index contributed by atoms with van der Waals surface area (Å²) < 4.78 is 5.19. The van der Waals surface area contributed by atoms with Gasteiger partial charge in [0, 0.05) is 12.6 Å². The minimum atomic E-state index is -0.499. The molecule has 0 saturated heterocycles. The lowest BCUT2D eigenvalue weighted by Crippen LogP contribution is -2.39. The molecule has 2 N–H and O–H groups in total. The van der Waals surface area contributed by atoms with Crippen LogP contribution in [0, 0.1) is 5.92 Å². The van der Waals surface area contributed by atoms with Crippen LogP contribution in [-0.4, -0.2) is 30.1 Å². The minimum absolute atomic E-state index is 0.0954. The van der Waals surface area contributed by atoms with Crippen LogP contribution in [-0.2, 0) is 20.9 Å². The van der Waals surface area contributed by atoms with Crippen LogP contribution in [0.4, 0.5) is 0 Å². The van der Waals surface area contributed by atoms with Gasteiger partial charge < -0.3 is 15.2 Å². The highest BCUT2D eigenvalue weighted by molar-refractivity contribution is 5.73. The van der Waals surface area contributed by atoms with Gasteiger partial charge in [0.2, 0.25) is 6.41 Å². The van der Waals surface area contributed by atoms with E-state index in [9.17, 15) is 9.59 Å². The van der Waals surface area contributed by atoms with Crippen LogP contribution < -0.4 is 5.32 Å². The van der Waals surface area contributed by atoms with Crippen molar-refractivity contribution in [3.63, 3.8) is 0 Å². The van der Waals surface area contributed by atoms with Gasteiger partial charge in [-0.05, 0) is 18.9 Å². The first-order valence-corrected chi connectivity index (χ1v) is 6.20. The molecule has 5 nitrogen and oxygen atoms in total. The van der Waals surface area contributed by atoms with Crippen LogP contribution in [0.3, 0.4) is 0 Å². The summed E-state index contributed by atoms with van der Waals surface area (Å²) in [5, 5.41) is 11.4. The average molecular weight is 265 g/mol. The first-order valence-electron chi connectivity index (χ1n) is 6.20. The number of rotatable bonds is 8. The lowest BCUT2D eigenvalue weighted by Gasteiger charge is -2.21. The number of amides is 1. The SMILES string of the molecule is CC(C(=O)OCc1ccccc1)C(CCO)NC=O. The first kappa shape index (κ1) is 15.2. The normalized spacial score (nSPS) is 13.4. The summed E-state index contributed by atoms with van der Waals surface area (Å²) in [5.41, 5.74) is 0.908. The number of hydrogen-bond donors (Lipinski definition) is 2. The Bertz CT molecular complexity index is 394. The summed E-state index contributed by atoms with van der Waals surface area (Å²) in [7, 11) is 0. The van der Waals surface area contributed by atoms with Crippen molar-refractivity contribution in [3.05, 3.63) is 35.9 Å². The minimum Gasteiger partial charge on any atom is -0.461 e. The third-order valence-electron chi connectivity index (χ3n) is 2.92. The molecule has 0 aliphatic rings. The van der Waals surface area contributed by atoms with E-state index in [-0.39, 0.29) is 13.2 Å². The molecule has 0 fully saturated rings. The Kier molecular flexibility index (Phi) is 6.60. The summed E-state index contributed by atoms with van der Waals surface area (Å²) in [6.07, 6.45) is 0.849. The predicted molar refractivity (Wildman–Crippen MR) is 70.1 cm³/mol. The Balaban J connectivity index is 2.49. The zero-order valence-corrected chi connectivity index (χ0v) is 10.9. The van der Waals surface area contributed by atoms with Crippen LogP contribution in [0.5, 0.6) is 0 Å². The van der Waals surface area contributed by atoms with E-state index < -0.39 is 17.9 Å². The molecule has 19 heavy (non-hydrogen) atoms. The van der Waals surface area contributed by atoms with Gasteiger partial charge in [0.05, 0.1) is 5.92 Å². The molecular weight excluding hydrogens is 246 g/mol. The van der Waals surface area contributed by atoms with Gasteiger partial charge in [-0.1, -0.05) is 30.3 Å². The summed E-state index contributed by atoms with van der Waals surface area (Å²) >= 11 is 0. The maximum absolute atomic E-state index is 11.8. The highest BCUT2D eigenvalue weighted by atomic mass is 16.5. The second-order valence-electron chi connectivity index (χ2n) is 4.29. The van der Waals surface area contributed by atoms with Crippen molar-refractivity contribution in [2.24, 2.45) is 5.92 Å². The molecule has 0 saturated carbocycles. The first-order chi connectivity index (χ1) is 9.19. The van der Waals surface area contributed by atoms with E-state index in [1.807, 2.05) is 30.3 Å². The molecule has 0 spiro atoms. The molecule has 0 aliphatic carbocycles. The number of hydrogen-bond acceptors (Lipinski definition) is 4. The van der Waals surface area contributed by atoms with Crippen molar-refractivity contribution in [1.82, 2.24) is 5.32 Å². The summed E-state index contributed by atoms with van der Waals surface area (Å²) in [5.74, 6) is -0.891. The summed E-state index contributed by atoms with van der Waals surface area (Å²) in [6, 6.07) is 8.95. The summed E-state index contributed by atoms with van der Waals surface area (Å²) in [6.45, 7) is 1.78. The molecule has 0 heterocycles. The van der Waals surface area contributed by atoms with Crippen molar-refractivity contribution in [3.8, 4) is 0 Å². The molecule has 0 bridgehead atoms. The number of benzene rings is 1. The second kappa shape index (κ2) is 8.26. The lowest BCUT2D eigenvalue weighted by atomic mass is 9.99. The van der Waals surface area contributed by atoms with Gasteiger partial charge in [0.15, 0.2) is 0 Å². The molecule has 2 atom stereocenters. The van der Waals surface area contributed by atoms with Crippen molar-refractivity contribution >= 4 is 12.4 Å². The predicted octanol–water partition coefficient (Wildman–Crippen LogP) is 0.863. The van der Waals surface area contributed by atoms with Gasteiger partial charge in [0.1, 0.15) is 6.61 Å². The molecule has 2 unspecified atom stereocenters. The topological polar surface area (TPSA) is 75.6 Å². The van der Waals surface area contributed by atoms with Crippen LogP contribution in [0.1, 0.15) is 18.9 Å². The third-order valence-corrected chi connectivity index (χ3v) is 2.92. The van der Waals surface area contributed by atoms with Crippen molar-refractivity contribution in [2.45, 2.75) is 26.0 Å². The van der Waals surface area contributed by atoms with E-state index in [2.05, 4.69) is 5.32 Å². The maximum atomic E-state index is 11.8. The van der Waals surface area contributed by atoms with Crippen LogP contribution in [0.15, 0.2) is 30.3 Å². The fourth-order valence-corrected chi connectivity index (χ4v) is 1.73. The van der Waals surface area contributed by atoms with Crippen LogP contribution in [0.2, 0.25) is 0 Å². The van der Waals surface area contributed by atoms with Gasteiger partial charge in [0.25, 0.3) is 0 Å². The van der Waals surface area contributed by atoms with Gasteiger partial charge >= 0.3 is 5.97 Å². The number of nitrogens with one attached hydrogen (secondary N) is 1. The Hall–Kier alpha value is -1.88. The smallest absolute Gasteiger partial charge is 0.311 e. The standard InChI is InChI=1S/C14H19NO4/c1-11(13(7-8-16)15-10-17)14(18)19-9-12-5-3-2-4-6-12/h2-6,10-11,13,16H,7-9H2,1H3,(H,15,17). The summed E-state index contributed by atoms with van der Waals surface area (Å²) in [4.78, 5) is 22.3. The largest absolute Gasteiger partial charge is 0.461 e. The highest BCUT2D eigenvalue weighted by Crippen LogP contribution is 2.11. The molecule has 5 heteroatoms. The molecule has 1 aromatic carbocycles. The Morgan fingerprint density at radius 2 is 2.11 bits per heavy atom. The third kappa shape index (κ3) is 5.09. The average Bonchev–Trinajstić information content (AvgIpc) is 2.45. The molecular formula is C14H19NO4. The van der Waals surface area contributed by atoms with E-state index >= 15 is 0 Å². The number of carbonyl (C=O) groups excluding carboxylic acids is 2. The molecule has 1 amide bonds. The van der Waals surface area contributed by atoms with Crippen molar-refractivity contribution in [1.29, 1.82) is 0 Å². The van der Waals surface area contributed by atoms with E-state index in [0.717, 1.165) is 5.56 Å². The van der Waals surface area contributed by atoms with Crippen molar-refractivity contribution in [2.75, 3.05) is 6.61 Å². The number of esters is 1. The van der Waals surface area contributed by atoms with Gasteiger partial charge in [-0.25, -0.2) is 0 Å². The maximum Gasteiger partial charge on any atom is 0.311 e. The molecule has 104 valence electrons. The molecule has 0 radical (unpaired) electrons. The van der Waals surface area contributed by atoms with E-state index in [0.29, 0.717) is 12.8 Å². The Morgan fingerprint density at radius 3 is 2.68 bits per heavy atom. The van der Waals surface area contributed by atoms with Crippen LogP contribution >= 0.6 is 0 Å². The van der Waals surface area contributed by atoms with Crippen molar-refractivity contribution < 1.29 is 19.4 Å². The van der Waals surface area contributed by atoms with Gasteiger partial charge in [-0.15, -0.1) is 0 Å². The fourth-order valence-electron chi connectivity index (χ4n) is 1.73. The molecule has 1 rings (SSSR count). The number of aliphatic hydroxyl groups excluding tert-OH is 1. The Labute approximate surface area is 112 Å². The number of carbonyl (C=O) groups is 2. The zero-order valence-electron chi connectivity index (χ0n) is 10.9. The molecule has 0 aliphatic heterocycles. The highest BCUT2D eigenvalue weighted by Gasteiger charge is 2.24. The quantitative estimate of drug-likeness (QED) is 0.540. The fraction of sp³-hybridized carbons (Fsp3) is 0.429. The lowest BCUT2D eigenvalue weighted by molar-refractivity contribution is -0.150. The number of ether oxygens (including phenoxy) is 1. The Morgan fingerprint density at radius 1 is 1.42 bits per heavy atom. The van der Waals surface area contributed by atoms with E-state index in [1.165, 1.54) is 0 Å². The molecule has 1 aromatic rings. The van der Waals surface area contributed by atoms with E-state index in [1.54, 1.807) is 6.92 Å². The molecule has 0 aromatic heterocycles. The zero-order chi connectivity index (χ0) is 14.1.